The molecule has 0 aliphatic heterocycles. The molecule has 1 N–H and O–H groups in total. The van der Waals surface area contributed by atoms with Gasteiger partial charge >= 0.3 is 5.97 Å². The van der Waals surface area contributed by atoms with Gasteiger partial charge in [0.25, 0.3) is 0 Å². The second-order valence-corrected chi connectivity index (χ2v) is 4.23. The maximum absolute atomic E-state index is 10.7. The molecule has 0 bridgehead atoms. The predicted octanol–water partition coefficient (Wildman–Crippen LogP) is 2.39. The van der Waals surface area contributed by atoms with E-state index in [0.717, 1.165) is 13.1 Å². The number of pyridine rings is 1. The summed E-state index contributed by atoms with van der Waals surface area (Å²) in [6.07, 6.45) is 3.52. The van der Waals surface area contributed by atoms with E-state index in [1.807, 2.05) is 12.1 Å². The Morgan fingerprint density at radius 2 is 2.00 bits per heavy atom. The van der Waals surface area contributed by atoms with Gasteiger partial charge in [0.1, 0.15) is 5.76 Å². The highest BCUT2D eigenvalue weighted by Gasteiger charge is 2.11. The van der Waals surface area contributed by atoms with Gasteiger partial charge in [-0.25, -0.2) is 4.79 Å². The van der Waals surface area contributed by atoms with Crippen LogP contribution in [-0.2, 0) is 13.1 Å². The Labute approximate surface area is 111 Å². The minimum absolute atomic E-state index is 0.0186. The molecule has 0 aromatic carbocycles. The van der Waals surface area contributed by atoms with E-state index in [1.54, 1.807) is 18.5 Å². The quantitative estimate of drug-likeness (QED) is 0.863. The Morgan fingerprint density at radius 3 is 2.58 bits per heavy atom. The highest BCUT2D eigenvalue weighted by molar-refractivity contribution is 5.84. The lowest BCUT2D eigenvalue weighted by Crippen LogP contribution is -2.22. The van der Waals surface area contributed by atoms with Crippen LogP contribution in [0.3, 0.4) is 0 Å². The average Bonchev–Trinajstić information content (AvgIpc) is 2.88. The van der Waals surface area contributed by atoms with Gasteiger partial charge < -0.3 is 9.52 Å². The number of carboxylic acids is 1. The van der Waals surface area contributed by atoms with E-state index in [2.05, 4.69) is 16.8 Å². The van der Waals surface area contributed by atoms with Crippen molar-refractivity contribution in [1.29, 1.82) is 0 Å². The SMILES string of the molecule is CCN(Cc1ccncc1)Cc1ccc(C(=O)O)o1. The summed E-state index contributed by atoms with van der Waals surface area (Å²) in [6, 6.07) is 7.12. The zero-order valence-electron chi connectivity index (χ0n) is 10.7. The van der Waals surface area contributed by atoms with E-state index in [-0.39, 0.29) is 5.76 Å². The van der Waals surface area contributed by atoms with Crippen molar-refractivity contribution >= 4 is 5.97 Å². The second-order valence-electron chi connectivity index (χ2n) is 4.23. The molecule has 0 aliphatic rings. The van der Waals surface area contributed by atoms with Crippen molar-refractivity contribution in [1.82, 2.24) is 9.88 Å². The van der Waals surface area contributed by atoms with E-state index in [0.29, 0.717) is 12.3 Å². The van der Waals surface area contributed by atoms with E-state index in [9.17, 15) is 4.79 Å². The van der Waals surface area contributed by atoms with Crippen LogP contribution in [0.1, 0.15) is 28.8 Å². The van der Waals surface area contributed by atoms with Crippen LogP contribution in [0.5, 0.6) is 0 Å². The fourth-order valence-electron chi connectivity index (χ4n) is 1.82. The molecule has 0 saturated carbocycles. The Hall–Kier alpha value is -2.14. The van der Waals surface area contributed by atoms with Crippen LogP contribution in [0.4, 0.5) is 0 Å². The number of aromatic carboxylic acids is 1. The molecular weight excluding hydrogens is 244 g/mol. The first-order chi connectivity index (χ1) is 9.19. The van der Waals surface area contributed by atoms with E-state index in [4.69, 9.17) is 9.52 Å². The molecule has 19 heavy (non-hydrogen) atoms. The van der Waals surface area contributed by atoms with Crippen LogP contribution in [0.2, 0.25) is 0 Å². The molecule has 0 aliphatic carbocycles. The fourth-order valence-corrected chi connectivity index (χ4v) is 1.82. The number of hydrogen-bond acceptors (Lipinski definition) is 4. The van der Waals surface area contributed by atoms with Gasteiger partial charge in [-0.05, 0) is 36.4 Å². The molecule has 5 nitrogen and oxygen atoms in total. The van der Waals surface area contributed by atoms with Crippen molar-refractivity contribution in [3.63, 3.8) is 0 Å². The zero-order valence-corrected chi connectivity index (χ0v) is 10.7. The molecule has 0 spiro atoms. The summed E-state index contributed by atoms with van der Waals surface area (Å²) in [5.41, 5.74) is 1.17. The summed E-state index contributed by atoms with van der Waals surface area (Å²) in [5, 5.41) is 8.81. The van der Waals surface area contributed by atoms with Gasteiger partial charge in [-0.2, -0.15) is 0 Å². The van der Waals surface area contributed by atoms with Gasteiger partial charge in [0.05, 0.1) is 6.54 Å². The van der Waals surface area contributed by atoms with Gasteiger partial charge in [0, 0.05) is 18.9 Å². The highest BCUT2D eigenvalue weighted by atomic mass is 16.4. The standard InChI is InChI=1S/C14H16N2O3/c1-2-16(9-11-5-7-15-8-6-11)10-12-3-4-13(19-12)14(17)18/h3-8H,2,9-10H2,1H3,(H,17,18). The van der Waals surface area contributed by atoms with Gasteiger partial charge in [0.2, 0.25) is 5.76 Å². The molecule has 0 fully saturated rings. The lowest BCUT2D eigenvalue weighted by Gasteiger charge is -2.18. The second kappa shape index (κ2) is 6.15. The summed E-state index contributed by atoms with van der Waals surface area (Å²) in [5.74, 6) is -0.397. The van der Waals surface area contributed by atoms with Crippen molar-refractivity contribution < 1.29 is 14.3 Å². The third-order valence-electron chi connectivity index (χ3n) is 2.85. The smallest absolute Gasteiger partial charge is 0.371 e. The maximum Gasteiger partial charge on any atom is 0.371 e. The Morgan fingerprint density at radius 1 is 1.26 bits per heavy atom. The van der Waals surface area contributed by atoms with Crippen LogP contribution in [0.25, 0.3) is 0 Å². The molecule has 0 unspecified atom stereocenters. The van der Waals surface area contributed by atoms with Crippen molar-refractivity contribution in [3.8, 4) is 0 Å². The molecule has 2 heterocycles. The number of rotatable bonds is 6. The molecule has 100 valence electrons. The van der Waals surface area contributed by atoms with Crippen molar-refractivity contribution in [2.24, 2.45) is 0 Å². The van der Waals surface area contributed by atoms with Gasteiger partial charge in [-0.3, -0.25) is 9.88 Å². The first kappa shape index (κ1) is 13.3. The van der Waals surface area contributed by atoms with E-state index >= 15 is 0 Å². The highest BCUT2D eigenvalue weighted by Crippen LogP contribution is 2.12. The molecule has 2 rings (SSSR count). The minimum Gasteiger partial charge on any atom is -0.475 e. The largest absolute Gasteiger partial charge is 0.475 e. The minimum atomic E-state index is -1.04. The van der Waals surface area contributed by atoms with Crippen molar-refractivity contribution in [2.45, 2.75) is 20.0 Å². The molecule has 0 radical (unpaired) electrons. The molecular formula is C14H16N2O3. The number of aromatic nitrogens is 1. The normalized spacial score (nSPS) is 10.8. The topological polar surface area (TPSA) is 66.6 Å². The average molecular weight is 260 g/mol. The Bertz CT molecular complexity index is 537. The monoisotopic (exact) mass is 260 g/mol. The summed E-state index contributed by atoms with van der Waals surface area (Å²) in [6.45, 7) is 4.28. The Balaban J connectivity index is 2.00. The van der Waals surface area contributed by atoms with E-state index < -0.39 is 5.97 Å². The number of nitrogens with zero attached hydrogens (tertiary/aromatic N) is 2. The van der Waals surface area contributed by atoms with Crippen LogP contribution in [0, 0.1) is 0 Å². The van der Waals surface area contributed by atoms with Crippen LogP contribution >= 0.6 is 0 Å². The predicted molar refractivity (Wildman–Crippen MR) is 69.7 cm³/mol. The van der Waals surface area contributed by atoms with Gasteiger partial charge in [-0.15, -0.1) is 0 Å². The van der Waals surface area contributed by atoms with Crippen LogP contribution in [0.15, 0.2) is 41.1 Å². The molecule has 0 atom stereocenters. The number of furan rings is 1. The molecule has 2 aromatic heterocycles. The number of carboxylic acid groups (broad SMARTS) is 1. The molecule has 5 heteroatoms. The van der Waals surface area contributed by atoms with Crippen molar-refractivity contribution in [3.05, 3.63) is 53.7 Å². The summed E-state index contributed by atoms with van der Waals surface area (Å²) >= 11 is 0. The fraction of sp³-hybridized carbons (Fsp3) is 0.286. The molecule has 0 amide bonds. The number of carbonyl (C=O) groups is 1. The summed E-state index contributed by atoms with van der Waals surface area (Å²) in [4.78, 5) is 16.9. The molecule has 0 saturated heterocycles. The van der Waals surface area contributed by atoms with Crippen molar-refractivity contribution in [2.75, 3.05) is 6.54 Å². The number of hydrogen-bond donors (Lipinski definition) is 1. The third-order valence-corrected chi connectivity index (χ3v) is 2.85. The molecule has 2 aromatic rings. The maximum atomic E-state index is 10.7. The Kier molecular flexibility index (Phi) is 4.30. The van der Waals surface area contributed by atoms with Gasteiger partial charge in [0.15, 0.2) is 0 Å². The van der Waals surface area contributed by atoms with E-state index in [1.165, 1.54) is 11.6 Å². The third kappa shape index (κ3) is 3.66. The van der Waals surface area contributed by atoms with Crippen LogP contribution in [-0.4, -0.2) is 27.5 Å². The lowest BCUT2D eigenvalue weighted by molar-refractivity contribution is 0.0658. The first-order valence-electron chi connectivity index (χ1n) is 6.12. The lowest BCUT2D eigenvalue weighted by atomic mass is 10.2. The summed E-state index contributed by atoms with van der Waals surface area (Å²) in [7, 11) is 0. The first-order valence-corrected chi connectivity index (χ1v) is 6.12. The van der Waals surface area contributed by atoms with Gasteiger partial charge in [-0.1, -0.05) is 6.92 Å². The summed E-state index contributed by atoms with van der Waals surface area (Å²) < 4.78 is 5.26. The zero-order chi connectivity index (χ0) is 13.7. The van der Waals surface area contributed by atoms with Crippen LogP contribution < -0.4 is 0 Å².